The van der Waals surface area contributed by atoms with E-state index in [-0.39, 0.29) is 22.8 Å². The molecule has 1 aliphatic heterocycles. The van der Waals surface area contributed by atoms with E-state index in [1.807, 2.05) is 0 Å². The highest BCUT2D eigenvalue weighted by Crippen LogP contribution is 2.35. The number of carbonyl (C=O) groups is 2. The Labute approximate surface area is 167 Å². The number of sulfonamides is 1. The van der Waals surface area contributed by atoms with Gasteiger partial charge in [-0.1, -0.05) is 26.7 Å². The Bertz CT molecular complexity index is 858. The molecule has 1 aromatic rings. The summed E-state index contributed by atoms with van der Waals surface area (Å²) in [5.41, 5.74) is 1.34. The topological polar surface area (TPSA) is 86.8 Å². The van der Waals surface area contributed by atoms with Gasteiger partial charge in [-0.25, -0.2) is 8.42 Å². The zero-order valence-corrected chi connectivity index (χ0v) is 17.6. The second-order valence-electron chi connectivity index (χ2n) is 7.48. The molecule has 0 spiro atoms. The third-order valence-corrected chi connectivity index (χ3v) is 7.77. The van der Waals surface area contributed by atoms with Gasteiger partial charge in [0.2, 0.25) is 21.8 Å². The molecule has 8 heteroatoms. The second-order valence-corrected chi connectivity index (χ2v) is 9.42. The lowest BCUT2D eigenvalue weighted by atomic mass is 10.1. The molecule has 2 aliphatic rings. The SMILES string of the molecule is CCN(CC)S(=O)(=O)c1ccc2c(c1)C[C@@H](C(=O)NC1CCCC1)N2C(C)=O. The van der Waals surface area contributed by atoms with Crippen molar-refractivity contribution >= 4 is 27.5 Å². The zero-order valence-electron chi connectivity index (χ0n) is 16.8. The summed E-state index contributed by atoms with van der Waals surface area (Å²) in [6, 6.07) is 4.33. The minimum absolute atomic E-state index is 0.161. The Morgan fingerprint density at radius 1 is 1.18 bits per heavy atom. The van der Waals surface area contributed by atoms with Crippen molar-refractivity contribution < 1.29 is 18.0 Å². The predicted octanol–water partition coefficient (Wildman–Crippen LogP) is 2.05. The van der Waals surface area contributed by atoms with Gasteiger partial charge in [0.1, 0.15) is 6.04 Å². The van der Waals surface area contributed by atoms with E-state index < -0.39 is 16.1 Å². The summed E-state index contributed by atoms with van der Waals surface area (Å²) in [6.07, 6.45) is 4.49. The van der Waals surface area contributed by atoms with Crippen molar-refractivity contribution in [3.05, 3.63) is 23.8 Å². The van der Waals surface area contributed by atoms with Crippen molar-refractivity contribution in [3.63, 3.8) is 0 Å². The van der Waals surface area contributed by atoms with Crippen LogP contribution in [-0.4, -0.2) is 49.7 Å². The van der Waals surface area contributed by atoms with E-state index in [1.54, 1.807) is 26.0 Å². The smallest absolute Gasteiger partial charge is 0.243 e. The van der Waals surface area contributed by atoms with E-state index in [2.05, 4.69) is 5.32 Å². The molecule has 154 valence electrons. The maximum atomic E-state index is 12.8. The van der Waals surface area contributed by atoms with Gasteiger partial charge in [-0.3, -0.25) is 14.5 Å². The van der Waals surface area contributed by atoms with Gasteiger partial charge in [0.25, 0.3) is 0 Å². The fourth-order valence-corrected chi connectivity index (χ4v) is 5.78. The highest BCUT2D eigenvalue weighted by atomic mass is 32.2. The monoisotopic (exact) mass is 407 g/mol. The fourth-order valence-electron chi connectivity index (χ4n) is 4.27. The van der Waals surface area contributed by atoms with Crippen LogP contribution in [0.3, 0.4) is 0 Å². The van der Waals surface area contributed by atoms with Crippen molar-refractivity contribution in [3.8, 4) is 0 Å². The number of benzene rings is 1. The van der Waals surface area contributed by atoms with Crippen LogP contribution in [0.1, 0.15) is 52.0 Å². The second kappa shape index (κ2) is 8.21. The number of hydrogen-bond acceptors (Lipinski definition) is 4. The number of carbonyl (C=O) groups excluding carboxylic acids is 2. The van der Waals surface area contributed by atoms with E-state index in [4.69, 9.17) is 0 Å². The number of nitrogens with zero attached hydrogens (tertiary/aromatic N) is 2. The molecule has 1 heterocycles. The lowest BCUT2D eigenvalue weighted by molar-refractivity contribution is -0.126. The molecule has 0 radical (unpaired) electrons. The molecular weight excluding hydrogens is 378 g/mol. The number of rotatable bonds is 6. The van der Waals surface area contributed by atoms with Crippen molar-refractivity contribution in [1.29, 1.82) is 0 Å². The molecule has 1 aliphatic carbocycles. The number of hydrogen-bond donors (Lipinski definition) is 1. The molecule has 0 saturated heterocycles. The summed E-state index contributed by atoms with van der Waals surface area (Å²) in [6.45, 7) is 5.82. The van der Waals surface area contributed by atoms with Crippen molar-refractivity contribution in [1.82, 2.24) is 9.62 Å². The van der Waals surface area contributed by atoms with Gasteiger partial charge in [0.15, 0.2) is 0 Å². The van der Waals surface area contributed by atoms with Gasteiger partial charge in [-0.05, 0) is 36.6 Å². The summed E-state index contributed by atoms with van der Waals surface area (Å²) < 4.78 is 27.0. The minimum atomic E-state index is -3.59. The van der Waals surface area contributed by atoms with Crippen molar-refractivity contribution in [2.75, 3.05) is 18.0 Å². The molecule has 2 amide bonds. The average molecular weight is 408 g/mol. The van der Waals surface area contributed by atoms with Crippen LogP contribution in [0, 0.1) is 0 Å². The Balaban J connectivity index is 1.89. The van der Waals surface area contributed by atoms with Crippen LogP contribution in [-0.2, 0) is 26.0 Å². The van der Waals surface area contributed by atoms with Crippen LogP contribution >= 0.6 is 0 Å². The van der Waals surface area contributed by atoms with E-state index in [1.165, 1.54) is 22.2 Å². The number of amides is 2. The van der Waals surface area contributed by atoms with E-state index >= 15 is 0 Å². The molecule has 0 unspecified atom stereocenters. The number of fused-ring (bicyclic) bond motifs is 1. The first-order valence-electron chi connectivity index (χ1n) is 10.0. The van der Waals surface area contributed by atoms with Gasteiger partial charge in [-0.2, -0.15) is 4.31 Å². The molecule has 3 rings (SSSR count). The fraction of sp³-hybridized carbons (Fsp3) is 0.600. The lowest BCUT2D eigenvalue weighted by Crippen LogP contribution is -2.49. The van der Waals surface area contributed by atoms with Gasteiger partial charge in [0.05, 0.1) is 4.90 Å². The largest absolute Gasteiger partial charge is 0.352 e. The zero-order chi connectivity index (χ0) is 20.5. The van der Waals surface area contributed by atoms with Crippen LogP contribution in [0.15, 0.2) is 23.1 Å². The van der Waals surface area contributed by atoms with Crippen LogP contribution in [0.4, 0.5) is 5.69 Å². The van der Waals surface area contributed by atoms with Crippen molar-refractivity contribution in [2.24, 2.45) is 0 Å². The molecule has 0 aromatic heterocycles. The van der Waals surface area contributed by atoms with E-state index in [9.17, 15) is 18.0 Å². The molecule has 28 heavy (non-hydrogen) atoms. The van der Waals surface area contributed by atoms with Crippen LogP contribution in [0.2, 0.25) is 0 Å². The summed E-state index contributed by atoms with van der Waals surface area (Å²) in [7, 11) is -3.59. The Kier molecular flexibility index (Phi) is 6.09. The highest BCUT2D eigenvalue weighted by Gasteiger charge is 2.38. The predicted molar refractivity (Wildman–Crippen MR) is 108 cm³/mol. The molecule has 7 nitrogen and oxygen atoms in total. The summed E-state index contributed by atoms with van der Waals surface area (Å²) in [5, 5.41) is 3.06. The molecule has 1 saturated carbocycles. The van der Waals surface area contributed by atoms with Crippen LogP contribution < -0.4 is 10.2 Å². The third-order valence-electron chi connectivity index (χ3n) is 5.72. The highest BCUT2D eigenvalue weighted by molar-refractivity contribution is 7.89. The maximum absolute atomic E-state index is 12.8. The Morgan fingerprint density at radius 3 is 2.39 bits per heavy atom. The molecule has 1 atom stereocenters. The van der Waals surface area contributed by atoms with Gasteiger partial charge in [0, 0.05) is 38.2 Å². The quantitative estimate of drug-likeness (QED) is 0.782. The molecule has 0 bridgehead atoms. The lowest BCUT2D eigenvalue weighted by Gasteiger charge is -2.25. The van der Waals surface area contributed by atoms with Gasteiger partial charge >= 0.3 is 0 Å². The molecule has 1 fully saturated rings. The van der Waals surface area contributed by atoms with Crippen molar-refractivity contribution in [2.45, 2.75) is 69.9 Å². The van der Waals surface area contributed by atoms with Crippen LogP contribution in [0.5, 0.6) is 0 Å². The third kappa shape index (κ3) is 3.80. The van der Waals surface area contributed by atoms with Gasteiger partial charge < -0.3 is 5.32 Å². The molecule has 1 N–H and O–H groups in total. The summed E-state index contributed by atoms with van der Waals surface area (Å²) in [4.78, 5) is 26.8. The normalized spacial score (nSPS) is 19.9. The maximum Gasteiger partial charge on any atom is 0.243 e. The Hall–Kier alpha value is -1.93. The summed E-state index contributed by atoms with van der Waals surface area (Å²) >= 11 is 0. The Morgan fingerprint density at radius 2 is 1.82 bits per heavy atom. The standard InChI is InChI=1S/C20H29N3O4S/c1-4-22(5-2)28(26,27)17-10-11-18-15(12-17)13-19(23(18)14(3)24)20(25)21-16-8-6-7-9-16/h10-12,16,19H,4-9,13H2,1-3H3,(H,21,25)/t19-/m0/s1. The van der Waals surface area contributed by atoms with Gasteiger partial charge in [-0.15, -0.1) is 0 Å². The number of nitrogens with one attached hydrogen (secondary N) is 1. The number of anilines is 1. The minimum Gasteiger partial charge on any atom is -0.352 e. The van der Waals surface area contributed by atoms with E-state index in [0.717, 1.165) is 31.2 Å². The average Bonchev–Trinajstić information content (AvgIpc) is 3.28. The van der Waals surface area contributed by atoms with E-state index in [0.29, 0.717) is 25.2 Å². The first-order chi connectivity index (χ1) is 13.3. The first-order valence-corrected chi connectivity index (χ1v) is 11.5. The molecular formula is C20H29N3O4S. The first kappa shape index (κ1) is 20.8. The summed E-state index contributed by atoms with van der Waals surface area (Å²) in [5.74, 6) is -0.379. The van der Waals surface area contributed by atoms with Crippen LogP contribution in [0.25, 0.3) is 0 Å². The molecule has 1 aromatic carbocycles.